The minimum atomic E-state index is -0.186. The van der Waals surface area contributed by atoms with Crippen molar-refractivity contribution in [2.45, 2.75) is 26.8 Å². The molecule has 0 saturated carbocycles. The van der Waals surface area contributed by atoms with Crippen molar-refractivity contribution in [3.05, 3.63) is 69.5 Å². The van der Waals surface area contributed by atoms with Gasteiger partial charge in [-0.3, -0.25) is 0 Å². The first-order valence-corrected chi connectivity index (χ1v) is 7.16. The molecule has 0 aliphatic carbocycles. The van der Waals surface area contributed by atoms with Crippen LogP contribution in [0, 0.1) is 19.7 Å². The van der Waals surface area contributed by atoms with Crippen LogP contribution in [0.3, 0.4) is 0 Å². The Bertz CT molecular complexity index is 610. The molecule has 3 heteroatoms. The fourth-order valence-corrected chi connectivity index (χ4v) is 2.46. The van der Waals surface area contributed by atoms with Gasteiger partial charge in [0, 0.05) is 10.6 Å². The molecule has 0 aliphatic heterocycles. The summed E-state index contributed by atoms with van der Waals surface area (Å²) in [6.07, 6.45) is 0. The number of rotatable bonds is 4. The van der Waals surface area contributed by atoms with E-state index < -0.39 is 0 Å². The number of hydrogen-bond acceptors (Lipinski definition) is 1. The fourth-order valence-electron chi connectivity index (χ4n) is 2.34. The van der Waals surface area contributed by atoms with Crippen LogP contribution in [0.4, 0.5) is 4.39 Å². The Balaban J connectivity index is 2.49. The summed E-state index contributed by atoms with van der Waals surface area (Å²) >= 11 is 6.07. The van der Waals surface area contributed by atoms with E-state index in [-0.39, 0.29) is 11.9 Å². The average Bonchev–Trinajstić information content (AvgIpc) is 2.42. The predicted octanol–water partition coefficient (Wildman–Crippen LogP) is 4.79. The first kappa shape index (κ1) is 15.0. The molecule has 0 radical (unpaired) electrons. The second kappa shape index (κ2) is 6.38. The van der Waals surface area contributed by atoms with Crippen LogP contribution in [-0.2, 0) is 0 Å². The Hall–Kier alpha value is -1.38. The highest BCUT2D eigenvalue weighted by Crippen LogP contribution is 2.28. The van der Waals surface area contributed by atoms with Crippen LogP contribution in [0.25, 0.3) is 0 Å². The predicted molar refractivity (Wildman–Crippen MR) is 82.8 cm³/mol. The molecule has 0 aliphatic rings. The largest absolute Gasteiger partial charge is 0.306 e. The number of halogens is 2. The third-order valence-electron chi connectivity index (χ3n) is 3.39. The van der Waals surface area contributed by atoms with Crippen LogP contribution in [0.2, 0.25) is 5.02 Å². The number of nitrogens with one attached hydrogen (secondary N) is 1. The zero-order valence-corrected chi connectivity index (χ0v) is 12.8. The maximum absolute atomic E-state index is 14.1. The molecule has 1 atom stereocenters. The van der Waals surface area contributed by atoms with Gasteiger partial charge < -0.3 is 5.32 Å². The van der Waals surface area contributed by atoms with Gasteiger partial charge in [-0.05, 0) is 43.7 Å². The summed E-state index contributed by atoms with van der Waals surface area (Å²) in [5.41, 5.74) is 3.75. The summed E-state index contributed by atoms with van der Waals surface area (Å²) in [5.74, 6) is -0.186. The molecule has 2 aromatic carbocycles. The van der Waals surface area contributed by atoms with Crippen LogP contribution in [-0.4, -0.2) is 6.54 Å². The van der Waals surface area contributed by atoms with E-state index in [0.29, 0.717) is 5.56 Å². The molecule has 0 bridgehead atoms. The van der Waals surface area contributed by atoms with Gasteiger partial charge in [-0.25, -0.2) is 4.39 Å². The van der Waals surface area contributed by atoms with Gasteiger partial charge >= 0.3 is 0 Å². The Morgan fingerprint density at radius 1 is 1.15 bits per heavy atom. The third kappa shape index (κ3) is 3.20. The highest BCUT2D eigenvalue weighted by Gasteiger charge is 2.17. The van der Waals surface area contributed by atoms with Gasteiger partial charge in [0.2, 0.25) is 0 Å². The molecule has 2 rings (SSSR count). The van der Waals surface area contributed by atoms with Crippen LogP contribution < -0.4 is 5.32 Å². The number of aryl methyl sites for hydroxylation is 2. The molecule has 0 fully saturated rings. The lowest BCUT2D eigenvalue weighted by atomic mass is 9.95. The van der Waals surface area contributed by atoms with E-state index in [4.69, 9.17) is 11.6 Å². The zero-order chi connectivity index (χ0) is 14.7. The lowest BCUT2D eigenvalue weighted by Crippen LogP contribution is -2.23. The van der Waals surface area contributed by atoms with Gasteiger partial charge in [-0.15, -0.1) is 0 Å². The van der Waals surface area contributed by atoms with Crippen molar-refractivity contribution in [3.8, 4) is 0 Å². The summed E-state index contributed by atoms with van der Waals surface area (Å²) < 4.78 is 14.1. The molecule has 0 saturated heterocycles. The van der Waals surface area contributed by atoms with E-state index in [1.807, 2.05) is 45.0 Å². The van der Waals surface area contributed by atoms with Gasteiger partial charge in [0.15, 0.2) is 0 Å². The second-order valence-corrected chi connectivity index (χ2v) is 5.43. The molecule has 0 spiro atoms. The third-order valence-corrected chi connectivity index (χ3v) is 3.81. The molecule has 0 amide bonds. The average molecular weight is 292 g/mol. The van der Waals surface area contributed by atoms with Gasteiger partial charge in [-0.2, -0.15) is 0 Å². The molecular weight excluding hydrogens is 273 g/mol. The molecule has 106 valence electrons. The van der Waals surface area contributed by atoms with Crippen molar-refractivity contribution in [1.29, 1.82) is 0 Å². The standard InChI is InChI=1S/C17H19ClFN/c1-4-20-17(13-6-7-15(18)12(3)10-13)14-9-11(2)5-8-16(14)19/h5-10,17,20H,4H2,1-3H3. The minimum absolute atomic E-state index is 0.157. The molecule has 1 nitrogen and oxygen atoms in total. The second-order valence-electron chi connectivity index (χ2n) is 5.02. The zero-order valence-electron chi connectivity index (χ0n) is 12.0. The van der Waals surface area contributed by atoms with Gasteiger partial charge in [0.25, 0.3) is 0 Å². The summed E-state index contributed by atoms with van der Waals surface area (Å²) in [5, 5.41) is 4.08. The molecular formula is C17H19ClFN. The maximum atomic E-state index is 14.1. The molecule has 0 aromatic heterocycles. The van der Waals surface area contributed by atoms with E-state index in [0.717, 1.165) is 28.3 Å². The molecule has 0 heterocycles. The van der Waals surface area contributed by atoms with Gasteiger partial charge in [0.1, 0.15) is 5.82 Å². The first-order valence-electron chi connectivity index (χ1n) is 6.78. The topological polar surface area (TPSA) is 12.0 Å². The minimum Gasteiger partial charge on any atom is -0.306 e. The monoisotopic (exact) mass is 291 g/mol. The lowest BCUT2D eigenvalue weighted by molar-refractivity contribution is 0.558. The van der Waals surface area contributed by atoms with Crippen LogP contribution in [0.15, 0.2) is 36.4 Å². The molecule has 2 aromatic rings. The Morgan fingerprint density at radius 3 is 2.55 bits per heavy atom. The van der Waals surface area contributed by atoms with Crippen molar-refractivity contribution in [2.24, 2.45) is 0 Å². The summed E-state index contributed by atoms with van der Waals surface area (Å²) in [4.78, 5) is 0. The fraction of sp³-hybridized carbons (Fsp3) is 0.294. The molecule has 1 unspecified atom stereocenters. The van der Waals surface area contributed by atoms with E-state index in [9.17, 15) is 4.39 Å². The number of benzene rings is 2. The quantitative estimate of drug-likeness (QED) is 0.853. The van der Waals surface area contributed by atoms with E-state index >= 15 is 0 Å². The van der Waals surface area contributed by atoms with Crippen LogP contribution in [0.1, 0.15) is 35.2 Å². The van der Waals surface area contributed by atoms with Gasteiger partial charge in [-0.1, -0.05) is 48.4 Å². The Labute approximate surface area is 124 Å². The Kier molecular flexibility index (Phi) is 4.79. The van der Waals surface area contributed by atoms with Crippen molar-refractivity contribution in [3.63, 3.8) is 0 Å². The van der Waals surface area contributed by atoms with Crippen molar-refractivity contribution in [2.75, 3.05) is 6.54 Å². The van der Waals surface area contributed by atoms with Gasteiger partial charge in [0.05, 0.1) is 6.04 Å². The molecule has 20 heavy (non-hydrogen) atoms. The SMILES string of the molecule is CCNC(c1ccc(Cl)c(C)c1)c1cc(C)ccc1F. The summed E-state index contributed by atoms with van der Waals surface area (Å²) in [7, 11) is 0. The van der Waals surface area contributed by atoms with Crippen molar-refractivity contribution < 1.29 is 4.39 Å². The first-order chi connectivity index (χ1) is 9.52. The van der Waals surface area contributed by atoms with Crippen molar-refractivity contribution in [1.82, 2.24) is 5.32 Å². The smallest absolute Gasteiger partial charge is 0.128 e. The maximum Gasteiger partial charge on any atom is 0.128 e. The summed E-state index contributed by atoms with van der Waals surface area (Å²) in [6.45, 7) is 6.71. The van der Waals surface area contributed by atoms with E-state index in [2.05, 4.69) is 5.32 Å². The van der Waals surface area contributed by atoms with E-state index in [1.54, 1.807) is 6.07 Å². The van der Waals surface area contributed by atoms with Crippen LogP contribution >= 0.6 is 11.6 Å². The highest BCUT2D eigenvalue weighted by atomic mass is 35.5. The normalized spacial score (nSPS) is 12.4. The lowest BCUT2D eigenvalue weighted by Gasteiger charge is -2.21. The Morgan fingerprint density at radius 2 is 1.90 bits per heavy atom. The summed E-state index contributed by atoms with van der Waals surface area (Å²) in [6, 6.07) is 10.9. The van der Waals surface area contributed by atoms with Crippen LogP contribution in [0.5, 0.6) is 0 Å². The number of hydrogen-bond donors (Lipinski definition) is 1. The van der Waals surface area contributed by atoms with E-state index in [1.165, 1.54) is 6.07 Å². The van der Waals surface area contributed by atoms with Crippen molar-refractivity contribution >= 4 is 11.6 Å². The molecule has 1 N–H and O–H groups in total. The highest BCUT2D eigenvalue weighted by molar-refractivity contribution is 6.31.